The average molecular weight is 325 g/mol. The molecular formula is C18H16FN3O2. The van der Waals surface area contributed by atoms with Crippen molar-refractivity contribution in [3.8, 4) is 0 Å². The molecule has 0 unspecified atom stereocenters. The van der Waals surface area contributed by atoms with Crippen LogP contribution in [0.1, 0.15) is 30.4 Å². The summed E-state index contributed by atoms with van der Waals surface area (Å²) in [7, 11) is 0. The molecule has 0 bridgehead atoms. The van der Waals surface area contributed by atoms with Crippen LogP contribution in [-0.2, 0) is 0 Å². The molecule has 0 atom stereocenters. The number of hydrogen-bond acceptors (Lipinski definition) is 3. The highest BCUT2D eigenvalue weighted by atomic mass is 19.1. The topological polar surface area (TPSA) is 64.0 Å². The fraction of sp³-hybridized carbons (Fsp3) is 0.167. The fourth-order valence-corrected chi connectivity index (χ4v) is 2.48. The van der Waals surface area contributed by atoms with Crippen LogP contribution in [0.5, 0.6) is 0 Å². The number of nitrogens with one attached hydrogen (secondary N) is 1. The van der Waals surface area contributed by atoms with Crippen LogP contribution in [0.2, 0.25) is 0 Å². The molecule has 5 nitrogen and oxygen atoms in total. The second-order valence-corrected chi connectivity index (χ2v) is 5.70. The molecule has 6 heteroatoms. The van der Waals surface area contributed by atoms with E-state index in [2.05, 4.69) is 10.4 Å². The van der Waals surface area contributed by atoms with E-state index in [1.807, 2.05) is 13.8 Å². The molecule has 0 aliphatic rings. The Morgan fingerprint density at radius 2 is 1.83 bits per heavy atom. The Morgan fingerprint density at radius 1 is 1.12 bits per heavy atom. The van der Waals surface area contributed by atoms with Crippen molar-refractivity contribution >= 4 is 22.4 Å². The Kier molecular flexibility index (Phi) is 4.12. The van der Waals surface area contributed by atoms with Crippen LogP contribution in [0.4, 0.5) is 10.1 Å². The molecule has 3 aromatic rings. The third-order valence-electron chi connectivity index (χ3n) is 3.62. The lowest BCUT2D eigenvalue weighted by molar-refractivity contribution is 0.102. The summed E-state index contributed by atoms with van der Waals surface area (Å²) >= 11 is 0. The Labute approximate surface area is 137 Å². The SMILES string of the molecule is CC(C)n1nc(C(=O)Nc2cccc(F)c2)c2ccccc2c1=O. The number of amides is 1. The van der Waals surface area contributed by atoms with Crippen LogP contribution in [-0.4, -0.2) is 15.7 Å². The fourth-order valence-electron chi connectivity index (χ4n) is 2.48. The van der Waals surface area contributed by atoms with Crippen LogP contribution in [0.15, 0.2) is 53.3 Å². The van der Waals surface area contributed by atoms with E-state index in [9.17, 15) is 14.0 Å². The first-order chi connectivity index (χ1) is 11.5. The molecule has 1 heterocycles. The molecule has 1 amide bonds. The average Bonchev–Trinajstić information content (AvgIpc) is 2.55. The lowest BCUT2D eigenvalue weighted by Gasteiger charge is -2.13. The molecular weight excluding hydrogens is 309 g/mol. The number of nitrogens with zero attached hydrogens (tertiary/aromatic N) is 2. The molecule has 1 aromatic heterocycles. The minimum atomic E-state index is -0.494. The van der Waals surface area contributed by atoms with Crippen LogP contribution in [0, 0.1) is 5.82 Å². The monoisotopic (exact) mass is 325 g/mol. The van der Waals surface area contributed by atoms with E-state index in [0.717, 1.165) is 0 Å². The molecule has 0 spiro atoms. The second-order valence-electron chi connectivity index (χ2n) is 5.70. The Morgan fingerprint density at radius 3 is 2.50 bits per heavy atom. The van der Waals surface area contributed by atoms with E-state index < -0.39 is 11.7 Å². The number of hydrogen-bond donors (Lipinski definition) is 1. The maximum atomic E-state index is 13.3. The molecule has 3 rings (SSSR count). The van der Waals surface area contributed by atoms with E-state index in [1.54, 1.807) is 30.3 Å². The van der Waals surface area contributed by atoms with Crippen molar-refractivity contribution < 1.29 is 9.18 Å². The summed E-state index contributed by atoms with van der Waals surface area (Å²) in [5.74, 6) is -0.941. The number of aromatic nitrogens is 2. The maximum absolute atomic E-state index is 13.3. The summed E-state index contributed by atoms with van der Waals surface area (Å²) in [5.41, 5.74) is 0.208. The lowest BCUT2D eigenvalue weighted by Crippen LogP contribution is -2.28. The number of carbonyl (C=O) groups is 1. The summed E-state index contributed by atoms with van der Waals surface area (Å²) in [6.07, 6.45) is 0. The molecule has 0 saturated carbocycles. The lowest BCUT2D eigenvalue weighted by atomic mass is 10.1. The number of fused-ring (bicyclic) bond motifs is 1. The Hall–Kier alpha value is -3.02. The van der Waals surface area contributed by atoms with Gasteiger partial charge in [-0.25, -0.2) is 9.07 Å². The Bertz CT molecular complexity index is 979. The maximum Gasteiger partial charge on any atom is 0.276 e. The number of rotatable bonds is 3. The predicted molar refractivity (Wildman–Crippen MR) is 90.7 cm³/mol. The minimum absolute atomic E-state index is 0.128. The number of halogens is 1. The molecule has 0 aliphatic carbocycles. The van der Waals surface area contributed by atoms with Gasteiger partial charge in [-0.05, 0) is 38.1 Å². The highest BCUT2D eigenvalue weighted by Crippen LogP contribution is 2.17. The zero-order valence-corrected chi connectivity index (χ0v) is 13.3. The van der Waals surface area contributed by atoms with Crippen molar-refractivity contribution in [3.05, 3.63) is 70.4 Å². The summed E-state index contributed by atoms with van der Waals surface area (Å²) in [6, 6.07) is 12.2. The van der Waals surface area contributed by atoms with Crippen molar-refractivity contribution in [2.24, 2.45) is 0 Å². The van der Waals surface area contributed by atoms with E-state index in [1.165, 1.54) is 22.9 Å². The summed E-state index contributed by atoms with van der Waals surface area (Å²) in [6.45, 7) is 3.63. The summed E-state index contributed by atoms with van der Waals surface area (Å²) < 4.78 is 14.6. The van der Waals surface area contributed by atoms with Crippen molar-refractivity contribution in [1.82, 2.24) is 9.78 Å². The van der Waals surface area contributed by atoms with Crippen molar-refractivity contribution in [2.75, 3.05) is 5.32 Å². The van der Waals surface area contributed by atoms with E-state index in [4.69, 9.17) is 0 Å². The minimum Gasteiger partial charge on any atom is -0.320 e. The van der Waals surface area contributed by atoms with Gasteiger partial charge in [0, 0.05) is 11.1 Å². The normalized spacial score (nSPS) is 11.0. The summed E-state index contributed by atoms with van der Waals surface area (Å²) in [4.78, 5) is 25.1. The first-order valence-electron chi connectivity index (χ1n) is 7.56. The van der Waals surface area contributed by atoms with Gasteiger partial charge in [-0.3, -0.25) is 9.59 Å². The molecule has 0 radical (unpaired) electrons. The van der Waals surface area contributed by atoms with Crippen molar-refractivity contribution in [2.45, 2.75) is 19.9 Å². The van der Waals surface area contributed by atoms with Gasteiger partial charge in [0.2, 0.25) is 0 Å². The highest BCUT2D eigenvalue weighted by Gasteiger charge is 2.18. The van der Waals surface area contributed by atoms with Gasteiger partial charge in [0.05, 0.1) is 11.4 Å². The highest BCUT2D eigenvalue weighted by molar-refractivity contribution is 6.11. The van der Waals surface area contributed by atoms with E-state index >= 15 is 0 Å². The molecule has 0 saturated heterocycles. The van der Waals surface area contributed by atoms with Crippen LogP contribution >= 0.6 is 0 Å². The number of benzene rings is 2. The van der Waals surface area contributed by atoms with Gasteiger partial charge < -0.3 is 5.32 Å². The first kappa shape index (κ1) is 15.9. The largest absolute Gasteiger partial charge is 0.320 e. The molecule has 122 valence electrons. The zero-order valence-electron chi connectivity index (χ0n) is 13.3. The van der Waals surface area contributed by atoms with Crippen LogP contribution in [0.3, 0.4) is 0 Å². The van der Waals surface area contributed by atoms with Gasteiger partial charge >= 0.3 is 0 Å². The third-order valence-corrected chi connectivity index (χ3v) is 3.62. The van der Waals surface area contributed by atoms with Gasteiger partial charge in [-0.1, -0.05) is 24.3 Å². The smallest absolute Gasteiger partial charge is 0.276 e. The van der Waals surface area contributed by atoms with Gasteiger partial charge in [0.25, 0.3) is 11.5 Å². The van der Waals surface area contributed by atoms with Crippen molar-refractivity contribution in [3.63, 3.8) is 0 Å². The van der Waals surface area contributed by atoms with Crippen LogP contribution < -0.4 is 10.9 Å². The zero-order chi connectivity index (χ0) is 17.3. The predicted octanol–water partition coefficient (Wildman–Crippen LogP) is 3.37. The van der Waals surface area contributed by atoms with Gasteiger partial charge in [-0.2, -0.15) is 5.10 Å². The van der Waals surface area contributed by atoms with Gasteiger partial charge in [-0.15, -0.1) is 0 Å². The third kappa shape index (κ3) is 2.90. The molecule has 0 fully saturated rings. The summed E-state index contributed by atoms with van der Waals surface area (Å²) in [5, 5.41) is 7.72. The first-order valence-corrected chi connectivity index (χ1v) is 7.56. The molecule has 1 N–H and O–H groups in total. The number of anilines is 1. The van der Waals surface area contributed by atoms with E-state index in [-0.39, 0.29) is 17.3 Å². The number of carbonyl (C=O) groups excluding carboxylic acids is 1. The quantitative estimate of drug-likeness (QED) is 0.803. The molecule has 0 aliphatic heterocycles. The molecule has 24 heavy (non-hydrogen) atoms. The molecule has 2 aromatic carbocycles. The van der Waals surface area contributed by atoms with Gasteiger partial charge in [0.15, 0.2) is 5.69 Å². The standard InChI is InChI=1S/C18H16FN3O2/c1-11(2)22-18(24)15-9-4-3-8-14(15)16(21-22)17(23)20-13-7-5-6-12(19)10-13/h3-11H,1-2H3,(H,20,23). The van der Waals surface area contributed by atoms with Gasteiger partial charge in [0.1, 0.15) is 5.82 Å². The van der Waals surface area contributed by atoms with Crippen LogP contribution in [0.25, 0.3) is 10.8 Å². The van der Waals surface area contributed by atoms with Crippen molar-refractivity contribution in [1.29, 1.82) is 0 Å². The van der Waals surface area contributed by atoms with E-state index in [0.29, 0.717) is 16.5 Å². The Balaban J connectivity index is 2.13. The second kappa shape index (κ2) is 6.23.